The van der Waals surface area contributed by atoms with Gasteiger partial charge in [0.05, 0.1) is 6.67 Å². The number of nitrogens with zero attached hydrogens (tertiary/aromatic N) is 5. The predicted molar refractivity (Wildman–Crippen MR) is 90.5 cm³/mol. The average Bonchev–Trinajstić information content (AvgIpc) is 2.97. The van der Waals surface area contributed by atoms with Crippen molar-refractivity contribution in [3.63, 3.8) is 0 Å². The smallest absolute Gasteiger partial charge is 0.224 e. The molecule has 0 bridgehead atoms. The zero-order valence-electron chi connectivity index (χ0n) is 14.5. The van der Waals surface area contributed by atoms with Crippen LogP contribution in [-0.2, 0) is 11.3 Å². The van der Waals surface area contributed by atoms with Crippen LogP contribution in [0.1, 0.15) is 24.8 Å². The Balaban J connectivity index is 1.49. The summed E-state index contributed by atoms with van der Waals surface area (Å²) in [4.78, 5) is 26.9. The molecule has 1 unspecified atom stereocenters. The van der Waals surface area contributed by atoms with Gasteiger partial charge in [-0.05, 0) is 12.8 Å². The Morgan fingerprint density at radius 1 is 1.25 bits per heavy atom. The minimum absolute atomic E-state index is 0.0945. The van der Waals surface area contributed by atoms with Crippen molar-refractivity contribution in [1.82, 2.24) is 19.8 Å². The van der Waals surface area contributed by atoms with Crippen molar-refractivity contribution in [2.75, 3.05) is 45.3 Å². The van der Waals surface area contributed by atoms with Gasteiger partial charge in [-0.15, -0.1) is 0 Å². The number of amides is 1. The van der Waals surface area contributed by atoms with Gasteiger partial charge in [0.1, 0.15) is 0 Å². The van der Waals surface area contributed by atoms with Crippen molar-refractivity contribution in [2.45, 2.75) is 31.8 Å². The summed E-state index contributed by atoms with van der Waals surface area (Å²) in [6.45, 7) is 2.94. The van der Waals surface area contributed by atoms with E-state index >= 15 is 0 Å². The van der Waals surface area contributed by atoms with E-state index in [0.717, 1.165) is 38.0 Å². The second-order valence-corrected chi connectivity index (χ2v) is 7.06. The van der Waals surface area contributed by atoms with Crippen LogP contribution >= 0.6 is 0 Å². The van der Waals surface area contributed by atoms with Crippen LogP contribution < -0.4 is 4.90 Å². The lowest BCUT2D eigenvalue weighted by molar-refractivity contribution is -0.130. The highest BCUT2D eigenvalue weighted by Gasteiger charge is 2.35. The summed E-state index contributed by atoms with van der Waals surface area (Å²) in [6.07, 6.45) is 6.06. The zero-order valence-corrected chi connectivity index (χ0v) is 14.5. The summed E-state index contributed by atoms with van der Waals surface area (Å²) in [5, 5.41) is 0. The van der Waals surface area contributed by atoms with Crippen LogP contribution in [0.5, 0.6) is 0 Å². The van der Waals surface area contributed by atoms with Gasteiger partial charge in [-0.3, -0.25) is 14.1 Å². The number of carbonyl (C=O) groups excluding carboxylic acids is 1. The number of rotatable bonds is 5. The lowest BCUT2D eigenvalue weighted by Crippen LogP contribution is -2.45. The fourth-order valence-electron chi connectivity index (χ4n) is 3.57. The van der Waals surface area contributed by atoms with Crippen LogP contribution in [0.2, 0.25) is 0 Å². The summed E-state index contributed by atoms with van der Waals surface area (Å²) in [7, 11) is 3.85. The van der Waals surface area contributed by atoms with E-state index in [1.165, 1.54) is 0 Å². The highest BCUT2D eigenvalue weighted by molar-refractivity contribution is 5.79. The quantitative estimate of drug-likeness (QED) is 0.812. The Bertz CT molecular complexity index is 557. The van der Waals surface area contributed by atoms with E-state index < -0.39 is 0 Å². The van der Waals surface area contributed by atoms with Gasteiger partial charge in [0.15, 0.2) is 0 Å². The second-order valence-electron chi connectivity index (χ2n) is 7.06. The summed E-state index contributed by atoms with van der Waals surface area (Å²) in [5.74, 6) is 0.749. The van der Waals surface area contributed by atoms with Crippen LogP contribution in [-0.4, -0.2) is 72.1 Å². The van der Waals surface area contributed by atoms with Crippen LogP contribution in [0.25, 0.3) is 0 Å². The van der Waals surface area contributed by atoms with Crippen molar-refractivity contribution < 1.29 is 9.18 Å². The molecule has 0 aliphatic carbocycles. The number of hydrogen-bond donors (Lipinski definition) is 0. The van der Waals surface area contributed by atoms with Gasteiger partial charge in [0.2, 0.25) is 11.9 Å². The number of piperidine rings is 1. The molecule has 0 saturated carbocycles. The predicted octanol–water partition coefficient (Wildman–Crippen LogP) is 1.32. The third-order valence-corrected chi connectivity index (χ3v) is 4.95. The maximum atomic E-state index is 12.8. The van der Waals surface area contributed by atoms with Crippen LogP contribution in [0, 0.1) is 5.92 Å². The van der Waals surface area contributed by atoms with Crippen molar-refractivity contribution >= 4 is 11.9 Å². The Morgan fingerprint density at radius 2 is 1.92 bits per heavy atom. The fraction of sp³-hybridized carbons (Fsp3) is 0.706. The highest BCUT2D eigenvalue weighted by atomic mass is 19.1. The summed E-state index contributed by atoms with van der Waals surface area (Å²) in [6, 6.07) is 0.276. The van der Waals surface area contributed by atoms with Crippen molar-refractivity contribution in [3.8, 4) is 0 Å². The third kappa shape index (κ3) is 3.83. The van der Waals surface area contributed by atoms with Crippen molar-refractivity contribution in [2.24, 2.45) is 5.92 Å². The minimum Gasteiger partial charge on any atom is -0.347 e. The van der Waals surface area contributed by atoms with E-state index in [4.69, 9.17) is 0 Å². The van der Waals surface area contributed by atoms with Gasteiger partial charge in [-0.2, -0.15) is 0 Å². The standard InChI is InChI=1S/C17H26FN5O/c1-21(2)17-19-9-14(10-20-17)11-22-5-3-15(4-6-22)23-12-13(8-18)7-16(23)24/h9-10,13,15H,3-8,11-12H2,1-2H3. The van der Waals surface area contributed by atoms with E-state index in [1.54, 1.807) is 0 Å². The molecule has 2 aliphatic heterocycles. The number of hydrogen-bond acceptors (Lipinski definition) is 5. The molecule has 0 aromatic carbocycles. The Labute approximate surface area is 142 Å². The first-order chi connectivity index (χ1) is 11.6. The highest BCUT2D eigenvalue weighted by Crippen LogP contribution is 2.26. The van der Waals surface area contributed by atoms with E-state index in [2.05, 4.69) is 14.9 Å². The largest absolute Gasteiger partial charge is 0.347 e. The number of aromatic nitrogens is 2. The fourth-order valence-corrected chi connectivity index (χ4v) is 3.57. The SMILES string of the molecule is CN(C)c1ncc(CN2CCC(N3CC(CF)CC3=O)CC2)cn1. The zero-order chi connectivity index (χ0) is 17.1. The second kappa shape index (κ2) is 7.42. The molecule has 3 rings (SSSR count). The Kier molecular flexibility index (Phi) is 5.28. The van der Waals surface area contributed by atoms with E-state index in [0.29, 0.717) is 18.9 Å². The van der Waals surface area contributed by atoms with E-state index in [1.807, 2.05) is 36.3 Å². The van der Waals surface area contributed by atoms with E-state index in [9.17, 15) is 9.18 Å². The molecule has 2 saturated heterocycles. The average molecular weight is 335 g/mol. The molecule has 1 atom stereocenters. The Hall–Kier alpha value is -1.76. The number of carbonyl (C=O) groups is 1. The number of halogens is 1. The number of likely N-dealkylation sites (tertiary alicyclic amines) is 2. The van der Waals surface area contributed by atoms with Crippen LogP contribution in [0.4, 0.5) is 10.3 Å². The first-order valence-corrected chi connectivity index (χ1v) is 8.63. The first kappa shape index (κ1) is 17.1. The summed E-state index contributed by atoms with van der Waals surface area (Å²) < 4.78 is 12.8. The molecular formula is C17H26FN5O. The third-order valence-electron chi connectivity index (χ3n) is 4.95. The lowest BCUT2D eigenvalue weighted by atomic mass is 10.0. The van der Waals surface area contributed by atoms with Gasteiger partial charge in [-0.1, -0.05) is 0 Å². The van der Waals surface area contributed by atoms with Gasteiger partial charge < -0.3 is 9.80 Å². The lowest BCUT2D eigenvalue weighted by Gasteiger charge is -2.36. The van der Waals surface area contributed by atoms with Gasteiger partial charge in [0.25, 0.3) is 0 Å². The molecule has 3 heterocycles. The molecule has 2 fully saturated rings. The topological polar surface area (TPSA) is 52.6 Å². The van der Waals surface area contributed by atoms with E-state index in [-0.39, 0.29) is 24.5 Å². The molecule has 0 radical (unpaired) electrons. The van der Waals surface area contributed by atoms with Crippen LogP contribution in [0.3, 0.4) is 0 Å². The molecule has 0 N–H and O–H groups in total. The van der Waals surface area contributed by atoms with Crippen molar-refractivity contribution in [1.29, 1.82) is 0 Å². The monoisotopic (exact) mass is 335 g/mol. The van der Waals surface area contributed by atoms with Gasteiger partial charge >= 0.3 is 0 Å². The van der Waals surface area contributed by atoms with Crippen LogP contribution in [0.15, 0.2) is 12.4 Å². The minimum atomic E-state index is -0.385. The maximum absolute atomic E-state index is 12.8. The molecular weight excluding hydrogens is 309 g/mol. The summed E-state index contributed by atoms with van der Waals surface area (Å²) >= 11 is 0. The molecule has 6 nitrogen and oxygen atoms in total. The molecule has 132 valence electrons. The number of anilines is 1. The molecule has 1 aromatic rings. The normalized spacial score (nSPS) is 23.0. The molecule has 7 heteroatoms. The summed E-state index contributed by atoms with van der Waals surface area (Å²) in [5.41, 5.74) is 1.11. The molecule has 1 amide bonds. The maximum Gasteiger partial charge on any atom is 0.224 e. The molecule has 24 heavy (non-hydrogen) atoms. The molecule has 0 spiro atoms. The number of alkyl halides is 1. The molecule has 2 aliphatic rings. The molecule has 1 aromatic heterocycles. The first-order valence-electron chi connectivity index (χ1n) is 8.63. The Morgan fingerprint density at radius 3 is 2.46 bits per heavy atom. The van der Waals surface area contributed by atoms with Gasteiger partial charge in [0, 0.05) is 76.6 Å². The van der Waals surface area contributed by atoms with Crippen molar-refractivity contribution in [3.05, 3.63) is 18.0 Å². The van der Waals surface area contributed by atoms with Gasteiger partial charge in [-0.25, -0.2) is 9.97 Å².